The zero-order valence-electron chi connectivity index (χ0n) is 16.6. The summed E-state index contributed by atoms with van der Waals surface area (Å²) in [5.41, 5.74) is 2.67. The zero-order chi connectivity index (χ0) is 21.4. The lowest BCUT2D eigenvalue weighted by molar-refractivity contribution is -0.129. The summed E-state index contributed by atoms with van der Waals surface area (Å²) >= 11 is 0. The number of nitrogens with two attached hydrogens (primary N) is 1. The normalized spacial score (nSPS) is 16.2. The molecule has 2 rings (SSSR count). The van der Waals surface area contributed by atoms with Crippen molar-refractivity contribution in [2.75, 3.05) is 26.3 Å². The first kappa shape index (κ1) is 23.0. The fraction of sp³-hybridized carbons (Fsp3) is 0.474. The fourth-order valence-electron chi connectivity index (χ4n) is 2.85. The van der Waals surface area contributed by atoms with Crippen LogP contribution in [0.4, 0.5) is 0 Å². The number of amides is 2. The van der Waals surface area contributed by atoms with E-state index in [0.717, 1.165) is 0 Å². The first-order valence-corrected chi connectivity index (χ1v) is 10.9. The number of hydrogen-bond donors (Lipinski definition) is 3. The standard InChI is InChI=1S/C19H28N4O5S/c1-14(2)13-17(19(25)21-20)22-29(26,27)16-6-3-15(4-7-16)5-8-18(24)23-9-11-28-12-10-23/h3-8,14,17,22H,9-13,20H2,1-2H3,(H,21,25)/b8-5+. The van der Waals surface area contributed by atoms with Gasteiger partial charge in [0, 0.05) is 19.2 Å². The molecule has 1 aromatic carbocycles. The molecule has 29 heavy (non-hydrogen) atoms. The maximum atomic E-state index is 12.6. The quantitative estimate of drug-likeness (QED) is 0.237. The Hall–Kier alpha value is -2.27. The molecule has 10 heteroatoms. The second-order valence-corrected chi connectivity index (χ2v) is 8.87. The van der Waals surface area contributed by atoms with E-state index in [1.165, 1.54) is 18.2 Å². The Balaban J connectivity index is 2.06. The first-order valence-electron chi connectivity index (χ1n) is 9.40. The Morgan fingerprint density at radius 1 is 1.21 bits per heavy atom. The van der Waals surface area contributed by atoms with Crippen molar-refractivity contribution in [3.8, 4) is 0 Å². The predicted molar refractivity (Wildman–Crippen MR) is 109 cm³/mol. The van der Waals surface area contributed by atoms with Crippen LogP contribution >= 0.6 is 0 Å². The Morgan fingerprint density at radius 2 is 1.83 bits per heavy atom. The van der Waals surface area contributed by atoms with Crippen LogP contribution in [0, 0.1) is 5.92 Å². The van der Waals surface area contributed by atoms with Crippen LogP contribution in [0.1, 0.15) is 25.8 Å². The number of hydrazine groups is 1. The SMILES string of the molecule is CC(C)CC(NS(=O)(=O)c1ccc(/C=C/C(=O)N2CCOCC2)cc1)C(=O)NN. The van der Waals surface area contributed by atoms with Gasteiger partial charge in [-0.05, 0) is 36.1 Å². The van der Waals surface area contributed by atoms with Crippen LogP contribution in [0.5, 0.6) is 0 Å². The molecule has 0 saturated carbocycles. The lowest BCUT2D eigenvalue weighted by Gasteiger charge is -2.25. The Morgan fingerprint density at radius 3 is 2.38 bits per heavy atom. The Bertz CT molecular complexity index is 831. The van der Waals surface area contributed by atoms with Gasteiger partial charge in [0.15, 0.2) is 0 Å². The van der Waals surface area contributed by atoms with Gasteiger partial charge in [0.1, 0.15) is 6.04 Å². The molecule has 1 unspecified atom stereocenters. The lowest BCUT2D eigenvalue weighted by atomic mass is 10.0. The Kier molecular flexibility index (Phi) is 8.32. The molecule has 0 radical (unpaired) electrons. The first-order chi connectivity index (χ1) is 13.7. The van der Waals surface area contributed by atoms with Crippen molar-refractivity contribution in [2.24, 2.45) is 11.8 Å². The summed E-state index contributed by atoms with van der Waals surface area (Å²) in [4.78, 5) is 25.7. The van der Waals surface area contributed by atoms with Gasteiger partial charge in [-0.25, -0.2) is 14.3 Å². The molecule has 9 nitrogen and oxygen atoms in total. The van der Waals surface area contributed by atoms with E-state index < -0.39 is 22.0 Å². The minimum atomic E-state index is -3.90. The van der Waals surface area contributed by atoms with Crippen LogP contribution in [0.2, 0.25) is 0 Å². The van der Waals surface area contributed by atoms with E-state index in [-0.39, 0.29) is 16.7 Å². The van der Waals surface area contributed by atoms with Crippen LogP contribution in [-0.2, 0) is 24.3 Å². The number of morpholine rings is 1. The molecule has 1 heterocycles. The number of nitrogens with one attached hydrogen (secondary N) is 2. The Labute approximate surface area is 171 Å². The van der Waals surface area contributed by atoms with Gasteiger partial charge in [-0.2, -0.15) is 4.72 Å². The molecule has 0 aromatic heterocycles. The molecule has 0 aliphatic carbocycles. The van der Waals surface area contributed by atoms with Gasteiger partial charge in [0.2, 0.25) is 15.9 Å². The largest absolute Gasteiger partial charge is 0.378 e. The molecule has 1 saturated heterocycles. The number of sulfonamides is 1. The van der Waals surface area contributed by atoms with E-state index in [4.69, 9.17) is 10.6 Å². The molecule has 2 amide bonds. The average molecular weight is 425 g/mol. The third-order valence-electron chi connectivity index (χ3n) is 4.39. The summed E-state index contributed by atoms with van der Waals surface area (Å²) in [6, 6.07) is 5.08. The van der Waals surface area contributed by atoms with Crippen LogP contribution in [0.25, 0.3) is 6.08 Å². The van der Waals surface area contributed by atoms with E-state index in [0.29, 0.717) is 38.3 Å². The van der Waals surface area contributed by atoms with Crippen LogP contribution < -0.4 is 16.0 Å². The van der Waals surface area contributed by atoms with Crippen molar-refractivity contribution >= 4 is 27.9 Å². The van der Waals surface area contributed by atoms with Crippen molar-refractivity contribution in [3.63, 3.8) is 0 Å². The van der Waals surface area contributed by atoms with Gasteiger partial charge in [-0.15, -0.1) is 0 Å². The van der Waals surface area contributed by atoms with Crippen molar-refractivity contribution in [2.45, 2.75) is 31.2 Å². The summed E-state index contributed by atoms with van der Waals surface area (Å²) in [6.07, 6.45) is 3.40. The van der Waals surface area contributed by atoms with E-state index in [2.05, 4.69) is 4.72 Å². The maximum Gasteiger partial charge on any atom is 0.252 e. The molecule has 1 aliphatic heterocycles. The second kappa shape index (κ2) is 10.5. The monoisotopic (exact) mass is 424 g/mol. The molecule has 160 valence electrons. The van der Waals surface area contributed by atoms with Crippen molar-refractivity contribution in [1.29, 1.82) is 0 Å². The number of carbonyl (C=O) groups is 2. The molecule has 1 atom stereocenters. The van der Waals surface area contributed by atoms with Gasteiger partial charge in [-0.1, -0.05) is 26.0 Å². The highest BCUT2D eigenvalue weighted by Crippen LogP contribution is 2.14. The highest BCUT2D eigenvalue weighted by Gasteiger charge is 2.26. The van der Waals surface area contributed by atoms with Gasteiger partial charge < -0.3 is 9.64 Å². The number of hydrogen-bond acceptors (Lipinski definition) is 6. The van der Waals surface area contributed by atoms with Gasteiger partial charge in [0.25, 0.3) is 5.91 Å². The molecule has 1 aromatic rings. The van der Waals surface area contributed by atoms with Gasteiger partial charge >= 0.3 is 0 Å². The summed E-state index contributed by atoms with van der Waals surface area (Å²) < 4.78 is 32.8. The van der Waals surface area contributed by atoms with Crippen LogP contribution in [0.15, 0.2) is 35.2 Å². The molecular formula is C19H28N4O5S. The highest BCUT2D eigenvalue weighted by atomic mass is 32.2. The number of benzene rings is 1. The van der Waals surface area contributed by atoms with Gasteiger partial charge in [0.05, 0.1) is 18.1 Å². The molecule has 1 aliphatic rings. The number of carbonyl (C=O) groups excluding carboxylic acids is 2. The lowest BCUT2D eigenvalue weighted by Crippen LogP contribution is -2.49. The van der Waals surface area contributed by atoms with Crippen molar-refractivity contribution in [3.05, 3.63) is 35.9 Å². The van der Waals surface area contributed by atoms with Crippen molar-refractivity contribution in [1.82, 2.24) is 15.0 Å². The van der Waals surface area contributed by atoms with Crippen LogP contribution in [-0.4, -0.2) is 57.5 Å². The van der Waals surface area contributed by atoms with Crippen molar-refractivity contribution < 1.29 is 22.7 Å². The fourth-order valence-corrected chi connectivity index (χ4v) is 4.06. The average Bonchev–Trinajstić information content (AvgIpc) is 2.71. The molecule has 0 bridgehead atoms. The summed E-state index contributed by atoms with van der Waals surface area (Å²) in [7, 11) is -3.90. The molecule has 0 spiro atoms. The number of ether oxygens (including phenoxy) is 1. The topological polar surface area (TPSA) is 131 Å². The molecule has 1 fully saturated rings. The third kappa shape index (κ3) is 6.93. The molecular weight excluding hydrogens is 396 g/mol. The summed E-state index contributed by atoms with van der Waals surface area (Å²) in [6.45, 7) is 5.92. The second-order valence-electron chi connectivity index (χ2n) is 7.15. The van der Waals surface area contributed by atoms with Gasteiger partial charge in [-0.3, -0.25) is 15.0 Å². The number of rotatable bonds is 8. The highest BCUT2D eigenvalue weighted by molar-refractivity contribution is 7.89. The maximum absolute atomic E-state index is 12.6. The smallest absolute Gasteiger partial charge is 0.252 e. The van der Waals surface area contributed by atoms with Crippen LogP contribution in [0.3, 0.4) is 0 Å². The minimum absolute atomic E-state index is 0.0210. The van der Waals surface area contributed by atoms with E-state index in [1.807, 2.05) is 19.3 Å². The zero-order valence-corrected chi connectivity index (χ0v) is 17.4. The van der Waals surface area contributed by atoms with E-state index >= 15 is 0 Å². The summed E-state index contributed by atoms with van der Waals surface area (Å²) in [5, 5.41) is 0. The van der Waals surface area contributed by atoms with E-state index in [1.54, 1.807) is 23.1 Å². The number of nitrogens with zero attached hydrogens (tertiary/aromatic N) is 1. The third-order valence-corrected chi connectivity index (χ3v) is 5.88. The summed E-state index contributed by atoms with van der Waals surface area (Å²) in [5.74, 6) is 4.54. The minimum Gasteiger partial charge on any atom is -0.378 e. The molecule has 4 N–H and O–H groups in total. The predicted octanol–water partition coefficient (Wildman–Crippen LogP) is 0.242. The van der Waals surface area contributed by atoms with E-state index in [9.17, 15) is 18.0 Å².